The third kappa shape index (κ3) is 3.79. The van der Waals surface area contributed by atoms with Gasteiger partial charge < -0.3 is 9.80 Å². The Kier molecular flexibility index (Phi) is 6.01. The normalized spacial score (nSPS) is 14.5. The van der Waals surface area contributed by atoms with Crippen molar-refractivity contribution in [3.05, 3.63) is 23.8 Å². The monoisotopic (exact) mass is 353 g/mol. The summed E-state index contributed by atoms with van der Waals surface area (Å²) in [4.78, 5) is 16.0. The Bertz CT molecular complexity index is 701. The molecule has 0 N–H and O–H groups in total. The van der Waals surface area contributed by atoms with Crippen molar-refractivity contribution in [1.29, 1.82) is 0 Å². The molecule has 2 rings (SSSR count). The summed E-state index contributed by atoms with van der Waals surface area (Å²) in [6, 6.07) is 5.11. The molecule has 1 aliphatic heterocycles. The van der Waals surface area contributed by atoms with E-state index in [9.17, 15) is 13.2 Å². The van der Waals surface area contributed by atoms with Gasteiger partial charge in [0.25, 0.3) is 0 Å². The predicted molar refractivity (Wildman–Crippen MR) is 95.8 cm³/mol. The Morgan fingerprint density at radius 3 is 2.50 bits per heavy atom. The summed E-state index contributed by atoms with van der Waals surface area (Å²) < 4.78 is 27.2. The zero-order chi connectivity index (χ0) is 17.9. The standard InChI is InChI=1S/C17H27N3O3S/c1-5-17(21)20-10-9-14-13-15(7-8-16(14)20)24(22,23)19(6-2)12-11-18(3)4/h7-8,13H,5-6,9-12H2,1-4H3. The van der Waals surface area contributed by atoms with Crippen LogP contribution in [-0.2, 0) is 21.2 Å². The van der Waals surface area contributed by atoms with Crippen molar-refractivity contribution in [2.45, 2.75) is 31.6 Å². The number of fused-ring (bicyclic) bond motifs is 1. The molecule has 0 unspecified atom stereocenters. The van der Waals surface area contributed by atoms with E-state index in [0.29, 0.717) is 43.9 Å². The molecule has 0 bridgehead atoms. The van der Waals surface area contributed by atoms with Crippen LogP contribution in [0.25, 0.3) is 0 Å². The molecule has 134 valence electrons. The molecule has 0 spiro atoms. The molecule has 0 aliphatic carbocycles. The summed E-state index contributed by atoms with van der Waals surface area (Å²) in [6.07, 6.45) is 1.15. The first-order valence-electron chi connectivity index (χ1n) is 8.39. The lowest BCUT2D eigenvalue weighted by Gasteiger charge is -2.23. The maximum Gasteiger partial charge on any atom is 0.243 e. The summed E-state index contributed by atoms with van der Waals surface area (Å²) in [5.41, 5.74) is 1.78. The quantitative estimate of drug-likeness (QED) is 0.746. The fourth-order valence-corrected chi connectivity index (χ4v) is 4.39. The van der Waals surface area contributed by atoms with Crippen molar-refractivity contribution in [3.63, 3.8) is 0 Å². The van der Waals surface area contributed by atoms with Crippen molar-refractivity contribution in [2.75, 3.05) is 45.2 Å². The van der Waals surface area contributed by atoms with Crippen LogP contribution in [0.4, 0.5) is 5.69 Å². The molecule has 1 heterocycles. The van der Waals surface area contributed by atoms with E-state index in [1.807, 2.05) is 32.8 Å². The summed E-state index contributed by atoms with van der Waals surface area (Å²) in [5, 5.41) is 0. The molecule has 0 fully saturated rings. The minimum Gasteiger partial charge on any atom is -0.312 e. The highest BCUT2D eigenvalue weighted by Gasteiger charge is 2.28. The highest BCUT2D eigenvalue weighted by molar-refractivity contribution is 7.89. The first-order chi connectivity index (χ1) is 11.3. The largest absolute Gasteiger partial charge is 0.312 e. The van der Waals surface area contributed by atoms with E-state index in [0.717, 1.165) is 11.3 Å². The topological polar surface area (TPSA) is 60.9 Å². The molecule has 1 aliphatic rings. The number of sulfonamides is 1. The van der Waals surface area contributed by atoms with Crippen LogP contribution in [0.15, 0.2) is 23.1 Å². The third-order valence-electron chi connectivity index (χ3n) is 4.34. The van der Waals surface area contributed by atoms with Gasteiger partial charge in [0.1, 0.15) is 0 Å². The lowest BCUT2D eigenvalue weighted by atomic mass is 10.2. The van der Waals surface area contributed by atoms with Gasteiger partial charge in [-0.3, -0.25) is 4.79 Å². The number of rotatable bonds is 7. The van der Waals surface area contributed by atoms with E-state index in [1.165, 1.54) is 4.31 Å². The number of nitrogens with zero attached hydrogens (tertiary/aromatic N) is 3. The highest BCUT2D eigenvalue weighted by atomic mass is 32.2. The Labute approximate surface area is 145 Å². The van der Waals surface area contributed by atoms with E-state index in [2.05, 4.69) is 0 Å². The molecule has 1 aromatic rings. The van der Waals surface area contributed by atoms with Gasteiger partial charge in [0.15, 0.2) is 0 Å². The number of hydrogen-bond acceptors (Lipinski definition) is 4. The van der Waals surface area contributed by atoms with Crippen LogP contribution in [0.3, 0.4) is 0 Å². The van der Waals surface area contributed by atoms with Gasteiger partial charge in [-0.25, -0.2) is 8.42 Å². The lowest BCUT2D eigenvalue weighted by Crippen LogP contribution is -2.36. The van der Waals surface area contributed by atoms with Gasteiger partial charge in [-0.05, 0) is 44.3 Å². The molecule has 7 heteroatoms. The van der Waals surface area contributed by atoms with Crippen LogP contribution in [0.2, 0.25) is 0 Å². The van der Waals surface area contributed by atoms with Crippen LogP contribution in [0.5, 0.6) is 0 Å². The van der Waals surface area contributed by atoms with Crippen molar-refractivity contribution < 1.29 is 13.2 Å². The van der Waals surface area contributed by atoms with E-state index in [-0.39, 0.29) is 5.91 Å². The second-order valence-electron chi connectivity index (χ2n) is 6.24. The van der Waals surface area contributed by atoms with Crippen molar-refractivity contribution in [1.82, 2.24) is 9.21 Å². The lowest BCUT2D eigenvalue weighted by molar-refractivity contribution is -0.118. The number of anilines is 1. The summed E-state index contributed by atoms with van der Waals surface area (Å²) in [6.45, 7) is 5.89. The number of carbonyl (C=O) groups excluding carboxylic acids is 1. The van der Waals surface area contributed by atoms with Gasteiger partial charge >= 0.3 is 0 Å². The van der Waals surface area contributed by atoms with Gasteiger partial charge in [-0.1, -0.05) is 13.8 Å². The molecule has 0 saturated carbocycles. The van der Waals surface area contributed by atoms with Crippen molar-refractivity contribution in [2.24, 2.45) is 0 Å². The first-order valence-corrected chi connectivity index (χ1v) is 9.83. The highest BCUT2D eigenvalue weighted by Crippen LogP contribution is 2.31. The van der Waals surface area contributed by atoms with E-state index < -0.39 is 10.0 Å². The van der Waals surface area contributed by atoms with E-state index in [1.54, 1.807) is 23.1 Å². The molecule has 0 atom stereocenters. The van der Waals surface area contributed by atoms with Crippen LogP contribution < -0.4 is 4.90 Å². The van der Waals surface area contributed by atoms with Gasteiger partial charge in [-0.2, -0.15) is 4.31 Å². The zero-order valence-corrected chi connectivity index (χ0v) is 15.8. The van der Waals surface area contributed by atoms with Crippen LogP contribution in [0, 0.1) is 0 Å². The number of benzene rings is 1. The molecule has 6 nitrogen and oxygen atoms in total. The molecule has 0 aromatic heterocycles. The summed E-state index contributed by atoms with van der Waals surface area (Å²) in [5.74, 6) is 0.0746. The average Bonchev–Trinajstić information content (AvgIpc) is 2.97. The minimum absolute atomic E-state index is 0.0746. The Morgan fingerprint density at radius 1 is 1.21 bits per heavy atom. The molecular weight excluding hydrogens is 326 g/mol. The molecule has 0 radical (unpaired) electrons. The van der Waals surface area contributed by atoms with Gasteiger partial charge in [-0.15, -0.1) is 0 Å². The predicted octanol–water partition coefficient (Wildman–Crippen LogP) is 1.56. The SMILES string of the molecule is CCC(=O)N1CCc2cc(S(=O)(=O)N(CC)CCN(C)C)ccc21. The molecule has 1 amide bonds. The first kappa shape index (κ1) is 18.9. The van der Waals surface area contributed by atoms with Gasteiger partial charge in [0.2, 0.25) is 15.9 Å². The molecule has 24 heavy (non-hydrogen) atoms. The fourth-order valence-electron chi connectivity index (χ4n) is 2.90. The van der Waals surface area contributed by atoms with Crippen LogP contribution in [0.1, 0.15) is 25.8 Å². The second kappa shape index (κ2) is 7.63. The molecular formula is C17H27N3O3S. The second-order valence-corrected chi connectivity index (χ2v) is 8.18. The maximum atomic E-state index is 12.9. The molecule has 0 saturated heterocycles. The van der Waals surface area contributed by atoms with Gasteiger partial charge in [0.05, 0.1) is 4.90 Å². The van der Waals surface area contributed by atoms with Gasteiger partial charge in [0, 0.05) is 38.3 Å². The summed E-state index contributed by atoms with van der Waals surface area (Å²) in [7, 11) is 0.343. The Morgan fingerprint density at radius 2 is 1.92 bits per heavy atom. The van der Waals surface area contributed by atoms with Crippen LogP contribution >= 0.6 is 0 Å². The van der Waals surface area contributed by atoms with Crippen molar-refractivity contribution in [3.8, 4) is 0 Å². The third-order valence-corrected chi connectivity index (χ3v) is 6.31. The molecule has 1 aromatic carbocycles. The van der Waals surface area contributed by atoms with E-state index in [4.69, 9.17) is 0 Å². The maximum absolute atomic E-state index is 12.9. The Hall–Kier alpha value is -1.44. The smallest absolute Gasteiger partial charge is 0.243 e. The number of likely N-dealkylation sites (N-methyl/N-ethyl adjacent to an activating group) is 2. The summed E-state index contributed by atoms with van der Waals surface area (Å²) >= 11 is 0. The number of amides is 1. The zero-order valence-electron chi connectivity index (χ0n) is 14.9. The van der Waals surface area contributed by atoms with Crippen molar-refractivity contribution >= 4 is 21.6 Å². The number of hydrogen-bond donors (Lipinski definition) is 0. The average molecular weight is 353 g/mol. The van der Waals surface area contributed by atoms with E-state index >= 15 is 0 Å². The minimum atomic E-state index is -3.51. The number of carbonyl (C=O) groups is 1. The Balaban J connectivity index is 2.28. The fraction of sp³-hybridized carbons (Fsp3) is 0.588. The van der Waals surface area contributed by atoms with Crippen LogP contribution in [-0.4, -0.2) is 63.8 Å².